The number of anilines is 2. The van der Waals surface area contributed by atoms with Crippen molar-refractivity contribution in [1.82, 2.24) is 0 Å². The molecule has 4 nitrogen and oxygen atoms in total. The summed E-state index contributed by atoms with van der Waals surface area (Å²) < 4.78 is 4.75. The molecule has 0 radical (unpaired) electrons. The second-order valence-corrected chi connectivity index (χ2v) is 5.23. The van der Waals surface area contributed by atoms with E-state index in [9.17, 15) is 4.79 Å². The van der Waals surface area contributed by atoms with Gasteiger partial charge in [-0.25, -0.2) is 4.79 Å². The van der Waals surface area contributed by atoms with Crippen molar-refractivity contribution in [2.45, 2.75) is 45.1 Å². The molecule has 1 fully saturated rings. The summed E-state index contributed by atoms with van der Waals surface area (Å²) in [5, 5.41) is 3.50. The normalized spacial score (nSPS) is 16.1. The number of rotatable bonds is 3. The van der Waals surface area contributed by atoms with Gasteiger partial charge in [0, 0.05) is 6.04 Å². The number of nitrogen functional groups attached to an aromatic ring is 1. The number of hydrogen-bond donors (Lipinski definition) is 2. The SMILES string of the molecule is COC(=O)c1cc(N)c(NC2CCCCC2)cc1C. The van der Waals surface area contributed by atoms with Gasteiger partial charge in [-0.3, -0.25) is 0 Å². The monoisotopic (exact) mass is 262 g/mol. The van der Waals surface area contributed by atoms with Crippen LogP contribution in [0.1, 0.15) is 48.0 Å². The molecule has 1 aromatic rings. The van der Waals surface area contributed by atoms with Gasteiger partial charge < -0.3 is 15.8 Å². The summed E-state index contributed by atoms with van der Waals surface area (Å²) in [7, 11) is 1.38. The van der Waals surface area contributed by atoms with Crippen LogP contribution in [0.5, 0.6) is 0 Å². The average molecular weight is 262 g/mol. The lowest BCUT2D eigenvalue weighted by molar-refractivity contribution is 0.0600. The number of benzene rings is 1. The molecule has 2 rings (SSSR count). The fourth-order valence-electron chi connectivity index (χ4n) is 2.65. The van der Waals surface area contributed by atoms with E-state index in [1.807, 2.05) is 13.0 Å². The molecule has 104 valence electrons. The third-order valence-electron chi connectivity index (χ3n) is 3.77. The van der Waals surface area contributed by atoms with E-state index in [0.717, 1.165) is 11.3 Å². The Labute approximate surface area is 114 Å². The molecular formula is C15H22N2O2. The van der Waals surface area contributed by atoms with Crippen molar-refractivity contribution in [3.05, 3.63) is 23.3 Å². The van der Waals surface area contributed by atoms with Crippen LogP contribution in [0.4, 0.5) is 11.4 Å². The Kier molecular flexibility index (Phi) is 4.30. The lowest BCUT2D eigenvalue weighted by Gasteiger charge is -2.25. The number of ether oxygens (including phenoxy) is 1. The summed E-state index contributed by atoms with van der Waals surface area (Å²) >= 11 is 0. The lowest BCUT2D eigenvalue weighted by atomic mass is 9.95. The Hall–Kier alpha value is -1.71. The topological polar surface area (TPSA) is 64.3 Å². The van der Waals surface area contributed by atoms with Crippen LogP contribution in [0.2, 0.25) is 0 Å². The molecule has 0 amide bonds. The van der Waals surface area contributed by atoms with Gasteiger partial charge in [0.15, 0.2) is 0 Å². The van der Waals surface area contributed by atoms with Crippen LogP contribution < -0.4 is 11.1 Å². The molecule has 0 unspecified atom stereocenters. The van der Waals surface area contributed by atoms with Gasteiger partial charge >= 0.3 is 5.97 Å². The second-order valence-electron chi connectivity index (χ2n) is 5.23. The highest BCUT2D eigenvalue weighted by Crippen LogP contribution is 2.28. The number of methoxy groups -OCH3 is 1. The quantitative estimate of drug-likeness (QED) is 0.649. The summed E-state index contributed by atoms with van der Waals surface area (Å²) in [6, 6.07) is 4.14. The lowest BCUT2D eigenvalue weighted by Crippen LogP contribution is -2.23. The van der Waals surface area contributed by atoms with E-state index in [2.05, 4.69) is 5.32 Å². The second kappa shape index (κ2) is 5.95. The maximum Gasteiger partial charge on any atom is 0.338 e. The van der Waals surface area contributed by atoms with Gasteiger partial charge in [0.05, 0.1) is 24.0 Å². The number of carbonyl (C=O) groups excluding carboxylic acids is 1. The van der Waals surface area contributed by atoms with Gasteiger partial charge in [-0.1, -0.05) is 19.3 Å². The van der Waals surface area contributed by atoms with Crippen LogP contribution in [0, 0.1) is 6.92 Å². The van der Waals surface area contributed by atoms with E-state index >= 15 is 0 Å². The van der Waals surface area contributed by atoms with Crippen LogP contribution in [0.3, 0.4) is 0 Å². The Morgan fingerprint density at radius 1 is 1.32 bits per heavy atom. The van der Waals surface area contributed by atoms with Crippen LogP contribution >= 0.6 is 0 Å². The molecule has 0 saturated heterocycles. The van der Waals surface area contributed by atoms with Crippen LogP contribution in [0.15, 0.2) is 12.1 Å². The molecule has 1 aliphatic rings. The first kappa shape index (κ1) is 13.7. The summed E-state index contributed by atoms with van der Waals surface area (Å²) in [6.45, 7) is 1.90. The third kappa shape index (κ3) is 3.19. The Morgan fingerprint density at radius 3 is 2.63 bits per heavy atom. The average Bonchev–Trinajstić information content (AvgIpc) is 2.43. The summed E-state index contributed by atoms with van der Waals surface area (Å²) in [6.07, 6.45) is 6.26. The highest BCUT2D eigenvalue weighted by Gasteiger charge is 2.16. The van der Waals surface area contributed by atoms with Gasteiger partial charge in [-0.15, -0.1) is 0 Å². The highest BCUT2D eigenvalue weighted by atomic mass is 16.5. The molecule has 1 saturated carbocycles. The molecule has 1 aliphatic carbocycles. The van der Waals surface area contributed by atoms with E-state index in [1.165, 1.54) is 39.2 Å². The fourth-order valence-corrected chi connectivity index (χ4v) is 2.65. The summed E-state index contributed by atoms with van der Waals surface area (Å²) in [4.78, 5) is 11.6. The first-order valence-corrected chi connectivity index (χ1v) is 6.87. The molecular weight excluding hydrogens is 240 g/mol. The van der Waals surface area contributed by atoms with Crippen molar-refractivity contribution in [2.75, 3.05) is 18.2 Å². The molecule has 0 spiro atoms. The minimum Gasteiger partial charge on any atom is -0.465 e. The minimum absolute atomic E-state index is 0.339. The van der Waals surface area contributed by atoms with Gasteiger partial charge in [0.1, 0.15) is 0 Å². The standard InChI is InChI=1S/C15H22N2O2/c1-10-8-14(17-11-6-4-3-5-7-11)13(16)9-12(10)15(18)19-2/h8-9,11,17H,3-7,16H2,1-2H3. The molecule has 0 bridgehead atoms. The van der Waals surface area contributed by atoms with Crippen molar-refractivity contribution in [1.29, 1.82) is 0 Å². The maximum absolute atomic E-state index is 11.6. The molecule has 0 aromatic heterocycles. The van der Waals surface area contributed by atoms with E-state index in [4.69, 9.17) is 10.5 Å². The van der Waals surface area contributed by atoms with E-state index in [-0.39, 0.29) is 5.97 Å². The Bertz CT molecular complexity index is 465. The van der Waals surface area contributed by atoms with Gasteiger partial charge in [-0.2, -0.15) is 0 Å². The van der Waals surface area contributed by atoms with Gasteiger partial charge in [-0.05, 0) is 37.5 Å². The highest BCUT2D eigenvalue weighted by molar-refractivity contribution is 5.93. The number of nitrogens with one attached hydrogen (secondary N) is 1. The van der Waals surface area contributed by atoms with Gasteiger partial charge in [0.25, 0.3) is 0 Å². The van der Waals surface area contributed by atoms with Crippen molar-refractivity contribution in [2.24, 2.45) is 0 Å². The van der Waals surface area contributed by atoms with E-state index in [0.29, 0.717) is 17.3 Å². The number of hydrogen-bond acceptors (Lipinski definition) is 4. The maximum atomic E-state index is 11.6. The largest absolute Gasteiger partial charge is 0.465 e. The zero-order valence-electron chi connectivity index (χ0n) is 11.7. The van der Waals surface area contributed by atoms with Gasteiger partial charge in [0.2, 0.25) is 0 Å². The zero-order valence-corrected chi connectivity index (χ0v) is 11.7. The number of aryl methyl sites for hydroxylation is 1. The van der Waals surface area contributed by atoms with E-state index < -0.39 is 0 Å². The molecule has 0 heterocycles. The fraction of sp³-hybridized carbons (Fsp3) is 0.533. The molecule has 1 aromatic carbocycles. The Morgan fingerprint density at radius 2 is 2.00 bits per heavy atom. The van der Waals surface area contributed by atoms with Crippen LogP contribution in [0.25, 0.3) is 0 Å². The number of esters is 1. The minimum atomic E-state index is -0.339. The summed E-state index contributed by atoms with van der Waals surface area (Å²) in [5.74, 6) is -0.339. The predicted molar refractivity (Wildman–Crippen MR) is 77.4 cm³/mol. The first-order valence-electron chi connectivity index (χ1n) is 6.87. The summed E-state index contributed by atoms with van der Waals surface area (Å²) in [5.41, 5.74) is 8.99. The number of carbonyl (C=O) groups is 1. The van der Waals surface area contributed by atoms with Crippen molar-refractivity contribution in [3.8, 4) is 0 Å². The molecule has 0 atom stereocenters. The molecule has 4 heteroatoms. The Balaban J connectivity index is 2.17. The van der Waals surface area contributed by atoms with Crippen molar-refractivity contribution >= 4 is 17.3 Å². The number of nitrogens with two attached hydrogens (primary N) is 1. The molecule has 19 heavy (non-hydrogen) atoms. The van der Waals surface area contributed by atoms with Crippen LogP contribution in [-0.2, 0) is 4.74 Å². The third-order valence-corrected chi connectivity index (χ3v) is 3.77. The van der Waals surface area contributed by atoms with Crippen molar-refractivity contribution in [3.63, 3.8) is 0 Å². The molecule has 3 N–H and O–H groups in total. The van der Waals surface area contributed by atoms with Crippen LogP contribution in [-0.4, -0.2) is 19.1 Å². The van der Waals surface area contributed by atoms with Crippen molar-refractivity contribution < 1.29 is 9.53 Å². The molecule has 0 aliphatic heterocycles. The first-order chi connectivity index (χ1) is 9.11. The van der Waals surface area contributed by atoms with E-state index in [1.54, 1.807) is 6.07 Å². The zero-order chi connectivity index (χ0) is 13.8. The smallest absolute Gasteiger partial charge is 0.338 e. The predicted octanol–water partition coefficient (Wildman–Crippen LogP) is 3.11.